The van der Waals surface area contributed by atoms with Crippen molar-refractivity contribution < 1.29 is 0 Å². The minimum Gasteiger partial charge on any atom is -0.329 e. The Bertz CT molecular complexity index is 382. The van der Waals surface area contributed by atoms with Gasteiger partial charge < -0.3 is 4.57 Å². The Morgan fingerprint density at radius 3 is 3.07 bits per heavy atom. The molecule has 0 saturated carbocycles. The van der Waals surface area contributed by atoms with Gasteiger partial charge in [-0.1, -0.05) is 11.8 Å². The van der Waals surface area contributed by atoms with E-state index in [9.17, 15) is 0 Å². The molecule has 0 aliphatic heterocycles. The van der Waals surface area contributed by atoms with Gasteiger partial charge in [0, 0.05) is 34.5 Å². The van der Waals surface area contributed by atoms with Gasteiger partial charge in [-0.2, -0.15) is 0 Å². The summed E-state index contributed by atoms with van der Waals surface area (Å²) in [5, 5.41) is 3.16. The van der Waals surface area contributed by atoms with Gasteiger partial charge >= 0.3 is 0 Å². The molecule has 5 heteroatoms. The second-order valence-corrected chi connectivity index (χ2v) is 5.60. The van der Waals surface area contributed by atoms with Gasteiger partial charge in [-0.3, -0.25) is 0 Å². The largest absolute Gasteiger partial charge is 0.329 e. The van der Waals surface area contributed by atoms with E-state index in [-0.39, 0.29) is 0 Å². The first kappa shape index (κ1) is 10.3. The van der Waals surface area contributed by atoms with Crippen LogP contribution in [0.15, 0.2) is 33.5 Å². The fourth-order valence-electron chi connectivity index (χ4n) is 1.05. The van der Waals surface area contributed by atoms with Crippen molar-refractivity contribution in [1.82, 2.24) is 9.55 Å². The van der Waals surface area contributed by atoms with E-state index in [2.05, 4.69) is 32.4 Å². The molecule has 0 amide bonds. The maximum Gasteiger partial charge on any atom is 0.168 e. The summed E-state index contributed by atoms with van der Waals surface area (Å²) in [5.41, 5.74) is 0. The molecule has 0 N–H and O–H groups in total. The molecule has 74 valence electrons. The molecule has 0 spiro atoms. The lowest BCUT2D eigenvalue weighted by molar-refractivity contribution is 0.790. The minimum absolute atomic E-state index is 0.975. The van der Waals surface area contributed by atoms with E-state index in [1.165, 1.54) is 9.35 Å². The summed E-state index contributed by atoms with van der Waals surface area (Å²) < 4.78 is 3.23. The molecule has 0 unspecified atom stereocenters. The van der Waals surface area contributed by atoms with Crippen LogP contribution in [0.4, 0.5) is 0 Å². The lowest BCUT2D eigenvalue weighted by Crippen LogP contribution is -1.88. The summed E-state index contributed by atoms with van der Waals surface area (Å²) in [7, 11) is 2.01. The van der Waals surface area contributed by atoms with Crippen LogP contribution in [0.25, 0.3) is 0 Å². The predicted octanol–water partition coefficient (Wildman–Crippen LogP) is 3.54. The smallest absolute Gasteiger partial charge is 0.168 e. The molecular formula is C9H9BrN2S2. The third-order valence-corrected chi connectivity index (χ3v) is 4.99. The molecule has 2 aromatic rings. The second kappa shape index (κ2) is 4.51. The number of hydrogen-bond donors (Lipinski definition) is 0. The number of halogens is 1. The molecule has 2 nitrogen and oxygen atoms in total. The van der Waals surface area contributed by atoms with Crippen molar-refractivity contribution in [3.05, 3.63) is 33.2 Å². The van der Waals surface area contributed by atoms with E-state index in [1.54, 1.807) is 23.1 Å². The Morgan fingerprint density at radius 1 is 1.64 bits per heavy atom. The Morgan fingerprint density at radius 2 is 2.50 bits per heavy atom. The van der Waals surface area contributed by atoms with Gasteiger partial charge in [0.15, 0.2) is 5.16 Å². The van der Waals surface area contributed by atoms with E-state index in [0.29, 0.717) is 0 Å². The number of thiophene rings is 1. The molecule has 0 bridgehead atoms. The minimum atomic E-state index is 0.975. The molecule has 0 aliphatic rings. The number of nitrogens with zero attached hydrogens (tertiary/aromatic N) is 2. The number of aryl methyl sites for hydroxylation is 1. The number of imidazole rings is 1. The van der Waals surface area contributed by atoms with Crippen molar-refractivity contribution in [2.75, 3.05) is 0 Å². The van der Waals surface area contributed by atoms with E-state index in [1.807, 2.05) is 24.0 Å². The van der Waals surface area contributed by atoms with Gasteiger partial charge in [0.1, 0.15) is 0 Å². The van der Waals surface area contributed by atoms with Crippen molar-refractivity contribution in [2.45, 2.75) is 10.9 Å². The van der Waals surface area contributed by atoms with Gasteiger partial charge in [-0.05, 0) is 27.4 Å². The molecule has 2 aromatic heterocycles. The van der Waals surface area contributed by atoms with Crippen molar-refractivity contribution in [3.8, 4) is 0 Å². The van der Waals surface area contributed by atoms with E-state index >= 15 is 0 Å². The topological polar surface area (TPSA) is 17.8 Å². The molecule has 2 heterocycles. The van der Waals surface area contributed by atoms with Crippen LogP contribution in [0.3, 0.4) is 0 Å². The highest BCUT2D eigenvalue weighted by molar-refractivity contribution is 9.10. The maximum absolute atomic E-state index is 4.26. The van der Waals surface area contributed by atoms with Gasteiger partial charge in [0.25, 0.3) is 0 Å². The molecule has 0 radical (unpaired) electrons. The molecule has 0 fully saturated rings. The van der Waals surface area contributed by atoms with Gasteiger partial charge in [-0.15, -0.1) is 11.3 Å². The highest BCUT2D eigenvalue weighted by Crippen LogP contribution is 2.29. The van der Waals surface area contributed by atoms with Crippen LogP contribution >= 0.6 is 39.0 Å². The Kier molecular flexibility index (Phi) is 3.30. The lowest BCUT2D eigenvalue weighted by atomic mass is 10.5. The summed E-state index contributed by atoms with van der Waals surface area (Å²) in [4.78, 5) is 5.62. The molecule has 0 aromatic carbocycles. The summed E-state index contributed by atoms with van der Waals surface area (Å²) in [5.74, 6) is 0.975. The van der Waals surface area contributed by atoms with Crippen molar-refractivity contribution >= 4 is 39.0 Å². The first-order valence-electron chi connectivity index (χ1n) is 4.09. The summed E-state index contributed by atoms with van der Waals surface area (Å²) in [6, 6.07) is 2.08. The molecule has 14 heavy (non-hydrogen) atoms. The molecule has 0 atom stereocenters. The molecule has 2 rings (SSSR count). The van der Waals surface area contributed by atoms with E-state index in [0.717, 1.165) is 10.9 Å². The van der Waals surface area contributed by atoms with Gasteiger partial charge in [0.05, 0.1) is 0 Å². The van der Waals surface area contributed by atoms with Gasteiger partial charge in [0.2, 0.25) is 0 Å². The summed E-state index contributed by atoms with van der Waals surface area (Å²) in [6.07, 6.45) is 3.79. The fraction of sp³-hybridized carbons (Fsp3) is 0.222. The van der Waals surface area contributed by atoms with Crippen LogP contribution < -0.4 is 0 Å². The van der Waals surface area contributed by atoms with Crippen molar-refractivity contribution in [1.29, 1.82) is 0 Å². The Hall–Kier alpha value is -0.260. The van der Waals surface area contributed by atoms with E-state index in [4.69, 9.17) is 0 Å². The first-order chi connectivity index (χ1) is 6.77. The predicted molar refractivity (Wildman–Crippen MR) is 64.8 cm³/mol. The molecule has 0 saturated heterocycles. The molecule has 0 aliphatic carbocycles. The quantitative estimate of drug-likeness (QED) is 0.804. The lowest BCUT2D eigenvalue weighted by Gasteiger charge is -1.99. The van der Waals surface area contributed by atoms with E-state index < -0.39 is 0 Å². The third-order valence-electron chi connectivity index (χ3n) is 1.80. The average molecular weight is 289 g/mol. The van der Waals surface area contributed by atoms with Crippen LogP contribution in [-0.2, 0) is 12.8 Å². The number of rotatable bonds is 3. The Labute approximate surface area is 99.5 Å². The molecular weight excluding hydrogens is 280 g/mol. The number of aromatic nitrogens is 2. The van der Waals surface area contributed by atoms with Crippen LogP contribution in [0, 0.1) is 0 Å². The zero-order valence-corrected chi connectivity index (χ0v) is 10.8. The normalized spacial score (nSPS) is 10.7. The van der Waals surface area contributed by atoms with Crippen molar-refractivity contribution in [2.24, 2.45) is 7.05 Å². The van der Waals surface area contributed by atoms with Crippen molar-refractivity contribution in [3.63, 3.8) is 0 Å². The zero-order valence-electron chi connectivity index (χ0n) is 7.61. The van der Waals surface area contributed by atoms with Crippen LogP contribution in [-0.4, -0.2) is 9.55 Å². The maximum atomic E-state index is 4.26. The van der Waals surface area contributed by atoms with Crippen LogP contribution in [0.1, 0.15) is 4.88 Å². The first-order valence-corrected chi connectivity index (χ1v) is 6.75. The fourth-order valence-corrected chi connectivity index (χ4v) is 3.78. The number of hydrogen-bond acceptors (Lipinski definition) is 3. The highest BCUT2D eigenvalue weighted by Gasteiger charge is 2.04. The summed E-state index contributed by atoms with van der Waals surface area (Å²) >= 11 is 7.05. The average Bonchev–Trinajstić information content (AvgIpc) is 2.72. The highest BCUT2D eigenvalue weighted by atomic mass is 79.9. The number of thioether (sulfide) groups is 1. The second-order valence-electron chi connectivity index (χ2n) is 2.80. The van der Waals surface area contributed by atoms with Gasteiger partial charge in [-0.25, -0.2) is 4.98 Å². The zero-order chi connectivity index (χ0) is 9.97. The Balaban J connectivity index is 2.02. The third kappa shape index (κ3) is 2.21. The van der Waals surface area contributed by atoms with Crippen LogP contribution in [0.2, 0.25) is 0 Å². The SMILES string of the molecule is Cn1ccnc1SCc1sccc1Br. The standard InChI is InChI=1S/C9H9BrN2S2/c1-12-4-3-11-9(12)14-6-8-7(10)2-5-13-8/h2-5H,6H2,1H3. The summed E-state index contributed by atoms with van der Waals surface area (Å²) in [6.45, 7) is 0. The monoisotopic (exact) mass is 288 g/mol. The van der Waals surface area contributed by atoms with Crippen LogP contribution in [0.5, 0.6) is 0 Å².